The summed E-state index contributed by atoms with van der Waals surface area (Å²) < 4.78 is 0. The molecular weight excluding hydrogens is 236 g/mol. The Kier molecular flexibility index (Phi) is 3.30. The molecule has 0 aliphatic carbocycles. The summed E-state index contributed by atoms with van der Waals surface area (Å²) in [6, 6.07) is 9.49. The fourth-order valence-electron chi connectivity index (χ4n) is 1.41. The molecule has 0 spiro atoms. The van der Waals surface area contributed by atoms with Gasteiger partial charge in [0.1, 0.15) is 5.69 Å². The summed E-state index contributed by atoms with van der Waals surface area (Å²) in [5, 5.41) is 3.02. The van der Waals surface area contributed by atoms with Gasteiger partial charge in [0.25, 0.3) is 0 Å². The van der Waals surface area contributed by atoms with Crippen LogP contribution in [-0.2, 0) is 4.79 Å². The number of nitrogens with one attached hydrogen (secondary N) is 1. The molecule has 0 bridgehead atoms. The third-order valence-corrected chi connectivity index (χ3v) is 3.12. The Morgan fingerprint density at radius 3 is 2.65 bits per heavy atom. The summed E-state index contributed by atoms with van der Waals surface area (Å²) >= 11 is 1.29. The molecule has 1 aromatic heterocycles. The fourth-order valence-corrected chi connectivity index (χ4v) is 2.40. The van der Waals surface area contributed by atoms with Gasteiger partial charge in [-0.05, 0) is 5.56 Å². The molecule has 1 amide bonds. The number of carbonyl (C=O) groups excluding carboxylic acids is 2. The first-order valence-electron chi connectivity index (χ1n) is 4.99. The predicted molar refractivity (Wildman–Crippen MR) is 67.2 cm³/mol. The summed E-state index contributed by atoms with van der Waals surface area (Å²) in [4.78, 5) is 26.7. The van der Waals surface area contributed by atoms with Crippen LogP contribution in [0.3, 0.4) is 0 Å². The molecule has 0 saturated heterocycles. The highest BCUT2D eigenvalue weighted by Gasteiger charge is 2.12. The highest BCUT2D eigenvalue weighted by atomic mass is 32.1. The molecule has 0 aliphatic heterocycles. The van der Waals surface area contributed by atoms with Crippen molar-refractivity contribution in [2.45, 2.75) is 6.92 Å². The van der Waals surface area contributed by atoms with Crippen LogP contribution >= 0.6 is 11.3 Å². The lowest BCUT2D eigenvalue weighted by atomic mass is 10.2. The number of aromatic nitrogens is 1. The smallest absolute Gasteiger partial charge is 0.223 e. The van der Waals surface area contributed by atoms with Crippen molar-refractivity contribution in [3.05, 3.63) is 36.0 Å². The molecule has 1 heterocycles. The van der Waals surface area contributed by atoms with E-state index in [1.807, 2.05) is 30.3 Å². The molecule has 1 N–H and O–H groups in total. The fraction of sp³-hybridized carbons (Fsp3) is 0.0833. The monoisotopic (exact) mass is 246 g/mol. The van der Waals surface area contributed by atoms with Gasteiger partial charge in [-0.25, -0.2) is 4.98 Å². The van der Waals surface area contributed by atoms with E-state index in [1.54, 1.807) is 0 Å². The van der Waals surface area contributed by atoms with Gasteiger partial charge in [0, 0.05) is 6.92 Å². The third kappa shape index (κ3) is 2.57. The highest BCUT2D eigenvalue weighted by molar-refractivity contribution is 7.19. The Morgan fingerprint density at radius 2 is 2.06 bits per heavy atom. The lowest BCUT2D eigenvalue weighted by molar-refractivity contribution is -0.114. The van der Waals surface area contributed by atoms with Crippen molar-refractivity contribution in [3.8, 4) is 10.4 Å². The Bertz CT molecular complexity index is 549. The van der Waals surface area contributed by atoms with Crippen LogP contribution in [0.15, 0.2) is 30.3 Å². The van der Waals surface area contributed by atoms with E-state index in [0.717, 1.165) is 10.4 Å². The van der Waals surface area contributed by atoms with Gasteiger partial charge in [0.15, 0.2) is 11.4 Å². The van der Waals surface area contributed by atoms with Crippen LogP contribution in [0, 0.1) is 0 Å². The van der Waals surface area contributed by atoms with E-state index in [2.05, 4.69) is 10.3 Å². The van der Waals surface area contributed by atoms with Gasteiger partial charge in [-0.1, -0.05) is 41.7 Å². The molecule has 0 saturated carbocycles. The van der Waals surface area contributed by atoms with E-state index in [4.69, 9.17) is 0 Å². The van der Waals surface area contributed by atoms with Crippen LogP contribution in [0.5, 0.6) is 0 Å². The first-order chi connectivity index (χ1) is 8.20. The number of aldehydes is 1. The van der Waals surface area contributed by atoms with Crippen molar-refractivity contribution in [1.82, 2.24) is 4.98 Å². The standard InChI is InChI=1S/C12H10N2O2S/c1-8(16)13-12-14-10(7-15)11(17-12)9-5-3-2-4-6-9/h2-7H,1H3,(H,13,14,16). The average Bonchev–Trinajstić information content (AvgIpc) is 2.72. The molecule has 0 atom stereocenters. The first kappa shape index (κ1) is 11.5. The zero-order valence-electron chi connectivity index (χ0n) is 9.14. The molecule has 17 heavy (non-hydrogen) atoms. The Hall–Kier alpha value is -2.01. The van der Waals surface area contributed by atoms with Gasteiger partial charge in [-0.15, -0.1) is 0 Å². The molecule has 0 radical (unpaired) electrons. The normalized spacial score (nSPS) is 9.94. The van der Waals surface area contributed by atoms with Crippen molar-refractivity contribution >= 4 is 28.7 Å². The second-order valence-corrected chi connectivity index (χ2v) is 4.40. The molecule has 2 aromatic rings. The number of thiazole rings is 1. The molecule has 0 fully saturated rings. The molecule has 0 unspecified atom stereocenters. The number of carbonyl (C=O) groups is 2. The summed E-state index contributed by atoms with van der Waals surface area (Å²) in [7, 11) is 0. The number of amides is 1. The quantitative estimate of drug-likeness (QED) is 0.847. The number of benzene rings is 1. The van der Waals surface area contributed by atoms with Crippen molar-refractivity contribution in [2.24, 2.45) is 0 Å². The molecule has 2 rings (SSSR count). The van der Waals surface area contributed by atoms with Crippen LogP contribution in [0.1, 0.15) is 17.4 Å². The largest absolute Gasteiger partial charge is 0.302 e. The molecular formula is C12H10N2O2S. The van der Waals surface area contributed by atoms with Crippen molar-refractivity contribution in [2.75, 3.05) is 5.32 Å². The molecule has 1 aromatic carbocycles. The van der Waals surface area contributed by atoms with Crippen LogP contribution in [-0.4, -0.2) is 17.2 Å². The second kappa shape index (κ2) is 4.88. The summed E-state index contributed by atoms with van der Waals surface area (Å²) in [6.07, 6.45) is 0.699. The highest BCUT2D eigenvalue weighted by Crippen LogP contribution is 2.31. The zero-order valence-corrected chi connectivity index (χ0v) is 9.95. The van der Waals surface area contributed by atoms with E-state index in [0.29, 0.717) is 17.1 Å². The number of hydrogen-bond acceptors (Lipinski definition) is 4. The maximum Gasteiger partial charge on any atom is 0.223 e. The lowest BCUT2D eigenvalue weighted by Gasteiger charge is -1.95. The lowest BCUT2D eigenvalue weighted by Crippen LogP contribution is -2.05. The van der Waals surface area contributed by atoms with Gasteiger partial charge >= 0.3 is 0 Å². The zero-order chi connectivity index (χ0) is 12.3. The van der Waals surface area contributed by atoms with Gasteiger partial charge < -0.3 is 5.32 Å². The minimum Gasteiger partial charge on any atom is -0.302 e. The number of hydrogen-bond donors (Lipinski definition) is 1. The van der Waals surface area contributed by atoms with Crippen molar-refractivity contribution in [3.63, 3.8) is 0 Å². The Morgan fingerprint density at radius 1 is 1.35 bits per heavy atom. The van der Waals surface area contributed by atoms with Crippen molar-refractivity contribution in [1.29, 1.82) is 0 Å². The summed E-state index contributed by atoms with van der Waals surface area (Å²) in [6.45, 7) is 1.41. The van der Waals surface area contributed by atoms with E-state index in [-0.39, 0.29) is 5.91 Å². The van der Waals surface area contributed by atoms with E-state index in [9.17, 15) is 9.59 Å². The van der Waals surface area contributed by atoms with E-state index < -0.39 is 0 Å². The van der Waals surface area contributed by atoms with Gasteiger partial charge in [0.2, 0.25) is 5.91 Å². The average molecular weight is 246 g/mol. The second-order valence-electron chi connectivity index (χ2n) is 3.40. The molecule has 4 nitrogen and oxygen atoms in total. The maximum absolute atomic E-state index is 10.9. The Balaban J connectivity index is 2.43. The molecule has 86 valence electrons. The van der Waals surface area contributed by atoms with Gasteiger partial charge in [-0.2, -0.15) is 0 Å². The molecule has 5 heteroatoms. The van der Waals surface area contributed by atoms with E-state index in [1.165, 1.54) is 18.3 Å². The Labute approximate surface area is 102 Å². The van der Waals surface area contributed by atoms with Crippen LogP contribution in [0.25, 0.3) is 10.4 Å². The maximum atomic E-state index is 10.9. The van der Waals surface area contributed by atoms with Crippen LogP contribution < -0.4 is 5.32 Å². The molecule has 0 aliphatic rings. The van der Waals surface area contributed by atoms with E-state index >= 15 is 0 Å². The predicted octanol–water partition coefficient (Wildman–Crippen LogP) is 2.58. The van der Waals surface area contributed by atoms with Crippen molar-refractivity contribution < 1.29 is 9.59 Å². The van der Waals surface area contributed by atoms with Crippen LogP contribution in [0.2, 0.25) is 0 Å². The van der Waals surface area contributed by atoms with Gasteiger partial charge in [-0.3, -0.25) is 9.59 Å². The number of nitrogens with zero attached hydrogens (tertiary/aromatic N) is 1. The first-order valence-corrected chi connectivity index (χ1v) is 5.81. The van der Waals surface area contributed by atoms with Crippen LogP contribution in [0.4, 0.5) is 5.13 Å². The number of anilines is 1. The minimum absolute atomic E-state index is 0.198. The minimum atomic E-state index is -0.198. The third-order valence-electron chi connectivity index (χ3n) is 2.08. The SMILES string of the molecule is CC(=O)Nc1nc(C=O)c(-c2ccccc2)s1. The topological polar surface area (TPSA) is 59.1 Å². The van der Waals surface area contributed by atoms with Gasteiger partial charge in [0.05, 0.1) is 4.88 Å². The summed E-state index contributed by atoms with van der Waals surface area (Å²) in [5.41, 5.74) is 1.27. The number of rotatable bonds is 3. The summed E-state index contributed by atoms with van der Waals surface area (Å²) in [5.74, 6) is -0.198.